The molecule has 2 aromatic heterocycles. The molecule has 13 heteroatoms. The number of alkyl halides is 5. The first-order chi connectivity index (χ1) is 14.9. The number of carbonyl (C=O) groups excluding carboxylic acids is 1. The molecule has 0 saturated carbocycles. The van der Waals surface area contributed by atoms with Gasteiger partial charge in [0.15, 0.2) is 0 Å². The van der Waals surface area contributed by atoms with Crippen molar-refractivity contribution in [1.82, 2.24) is 14.9 Å². The van der Waals surface area contributed by atoms with Crippen LogP contribution in [0.15, 0.2) is 30.7 Å². The van der Waals surface area contributed by atoms with Gasteiger partial charge >= 0.3 is 12.2 Å². The van der Waals surface area contributed by atoms with Crippen LogP contribution in [0, 0.1) is 5.41 Å². The van der Waals surface area contributed by atoms with Crippen molar-refractivity contribution in [3.8, 4) is 0 Å². The van der Waals surface area contributed by atoms with Crippen LogP contribution in [0.4, 0.5) is 43.9 Å². The molecule has 4 N–H and O–H groups in total. The molecular weight excluding hydrogens is 437 g/mol. The lowest BCUT2D eigenvalue weighted by Crippen LogP contribution is -2.59. The Morgan fingerprint density at radius 2 is 2.06 bits per heavy atom. The predicted molar refractivity (Wildman–Crippen MR) is 108 cm³/mol. The maximum absolute atomic E-state index is 14.9. The number of hydrogen-bond donors (Lipinski definition) is 3. The van der Waals surface area contributed by atoms with E-state index in [2.05, 4.69) is 15.3 Å². The van der Waals surface area contributed by atoms with Gasteiger partial charge in [-0.1, -0.05) is 0 Å². The second-order valence-electron chi connectivity index (χ2n) is 7.30. The summed E-state index contributed by atoms with van der Waals surface area (Å²) >= 11 is 0. The standard InChI is InChI=1S/C19H20F5N7O/c1-30(17(32)29-13-5-12(7-27-8-13)19(22,23)24)15-2-3-31(10-18(15,20)21)14-4-11(6-25)16(26)28-9-14/h4-9,15,25H,2-3,10H2,1H3,(H2,26,28)(H,29,32). The molecule has 32 heavy (non-hydrogen) atoms. The van der Waals surface area contributed by atoms with Gasteiger partial charge in [-0.05, 0) is 18.6 Å². The predicted octanol–water partition coefficient (Wildman–Crippen LogP) is 3.45. The third kappa shape index (κ3) is 4.86. The number of hydrogen-bond acceptors (Lipinski definition) is 6. The highest BCUT2D eigenvalue weighted by Gasteiger charge is 2.48. The summed E-state index contributed by atoms with van der Waals surface area (Å²) in [5, 5.41) is 9.50. The molecule has 0 spiro atoms. The first-order valence-electron chi connectivity index (χ1n) is 9.37. The van der Waals surface area contributed by atoms with Crippen LogP contribution in [0.5, 0.6) is 0 Å². The highest BCUT2D eigenvalue weighted by molar-refractivity contribution is 5.89. The van der Waals surface area contributed by atoms with E-state index in [1.807, 2.05) is 0 Å². The van der Waals surface area contributed by atoms with Gasteiger partial charge in [0.2, 0.25) is 0 Å². The van der Waals surface area contributed by atoms with Gasteiger partial charge in [0.25, 0.3) is 5.92 Å². The van der Waals surface area contributed by atoms with Crippen molar-refractivity contribution in [2.24, 2.45) is 0 Å². The zero-order valence-electron chi connectivity index (χ0n) is 16.8. The molecule has 1 saturated heterocycles. The number of nitrogens with zero attached hydrogens (tertiary/aromatic N) is 4. The van der Waals surface area contributed by atoms with Gasteiger partial charge in [-0.3, -0.25) is 4.98 Å². The molecule has 0 radical (unpaired) electrons. The molecule has 1 atom stereocenters. The van der Waals surface area contributed by atoms with E-state index < -0.39 is 36.3 Å². The summed E-state index contributed by atoms with van der Waals surface area (Å²) in [6, 6.07) is -0.317. The van der Waals surface area contributed by atoms with E-state index in [0.717, 1.165) is 24.4 Å². The van der Waals surface area contributed by atoms with Crippen LogP contribution in [0.3, 0.4) is 0 Å². The number of nitrogens with two attached hydrogens (primary N) is 1. The first kappa shape index (κ1) is 23.2. The van der Waals surface area contributed by atoms with Crippen molar-refractivity contribution in [2.75, 3.05) is 36.1 Å². The Labute approximate surface area is 179 Å². The molecule has 3 rings (SSSR count). The molecule has 1 fully saturated rings. The lowest BCUT2D eigenvalue weighted by molar-refractivity contribution is -0.137. The molecule has 172 valence electrons. The van der Waals surface area contributed by atoms with Crippen molar-refractivity contribution in [2.45, 2.75) is 24.6 Å². The zero-order valence-corrected chi connectivity index (χ0v) is 16.8. The molecule has 0 aromatic carbocycles. The van der Waals surface area contributed by atoms with E-state index in [-0.39, 0.29) is 24.5 Å². The number of aromatic nitrogens is 2. The number of urea groups is 1. The first-order valence-corrected chi connectivity index (χ1v) is 9.37. The molecule has 1 aliphatic heterocycles. The number of piperidine rings is 1. The fourth-order valence-corrected chi connectivity index (χ4v) is 3.41. The van der Waals surface area contributed by atoms with E-state index in [1.54, 1.807) is 0 Å². The van der Waals surface area contributed by atoms with Crippen LogP contribution in [0.1, 0.15) is 17.5 Å². The van der Waals surface area contributed by atoms with E-state index in [0.29, 0.717) is 23.5 Å². The highest BCUT2D eigenvalue weighted by Crippen LogP contribution is 2.34. The Morgan fingerprint density at radius 1 is 1.34 bits per heavy atom. The van der Waals surface area contributed by atoms with Crippen molar-refractivity contribution < 1.29 is 26.7 Å². The van der Waals surface area contributed by atoms with Gasteiger partial charge in [0.05, 0.1) is 35.9 Å². The van der Waals surface area contributed by atoms with Crippen LogP contribution in [-0.4, -0.2) is 59.2 Å². The lowest BCUT2D eigenvalue weighted by atomic mass is 9.99. The summed E-state index contributed by atoms with van der Waals surface area (Å²) < 4.78 is 68.3. The highest BCUT2D eigenvalue weighted by atomic mass is 19.4. The maximum Gasteiger partial charge on any atom is 0.417 e. The average Bonchev–Trinajstić information content (AvgIpc) is 2.72. The number of carbonyl (C=O) groups is 1. The van der Waals surface area contributed by atoms with E-state index >= 15 is 0 Å². The Balaban J connectivity index is 1.71. The number of halogens is 5. The van der Waals surface area contributed by atoms with Gasteiger partial charge in [-0.15, -0.1) is 0 Å². The van der Waals surface area contributed by atoms with E-state index in [4.69, 9.17) is 11.1 Å². The Hall–Kier alpha value is -3.51. The van der Waals surface area contributed by atoms with Gasteiger partial charge in [0.1, 0.15) is 11.9 Å². The summed E-state index contributed by atoms with van der Waals surface area (Å²) in [6.07, 6.45) is -0.876. The molecule has 1 unspecified atom stereocenters. The van der Waals surface area contributed by atoms with Crippen molar-refractivity contribution >= 4 is 29.4 Å². The van der Waals surface area contributed by atoms with Crippen LogP contribution < -0.4 is 16.0 Å². The van der Waals surface area contributed by atoms with E-state index in [9.17, 15) is 26.7 Å². The molecule has 2 aromatic rings. The summed E-state index contributed by atoms with van der Waals surface area (Å²) in [7, 11) is 1.16. The molecule has 0 aliphatic carbocycles. The van der Waals surface area contributed by atoms with Crippen LogP contribution >= 0.6 is 0 Å². The largest absolute Gasteiger partial charge is 0.417 e. The second-order valence-corrected chi connectivity index (χ2v) is 7.30. The average molecular weight is 457 g/mol. The lowest BCUT2D eigenvalue weighted by Gasteiger charge is -2.43. The summed E-state index contributed by atoms with van der Waals surface area (Å²) in [6.45, 7) is -0.560. The van der Waals surface area contributed by atoms with Gasteiger partial charge in [-0.25, -0.2) is 18.6 Å². The molecule has 2 amide bonds. The minimum atomic E-state index is -4.66. The number of nitrogens with one attached hydrogen (secondary N) is 2. The Morgan fingerprint density at radius 3 is 2.69 bits per heavy atom. The van der Waals surface area contributed by atoms with Crippen molar-refractivity contribution in [3.63, 3.8) is 0 Å². The topological polar surface area (TPSA) is 111 Å². The monoisotopic (exact) mass is 457 g/mol. The van der Waals surface area contributed by atoms with Gasteiger partial charge in [0, 0.05) is 31.6 Å². The van der Waals surface area contributed by atoms with E-state index in [1.165, 1.54) is 17.2 Å². The molecule has 1 aliphatic rings. The number of amides is 2. The fourth-order valence-electron chi connectivity index (χ4n) is 3.41. The maximum atomic E-state index is 14.9. The van der Waals surface area contributed by atoms with Crippen LogP contribution in [0.25, 0.3) is 0 Å². The minimum Gasteiger partial charge on any atom is -0.383 e. The number of nitrogen functional groups attached to an aromatic ring is 1. The Bertz CT molecular complexity index is 1010. The van der Waals surface area contributed by atoms with Gasteiger partial charge in [-0.2, -0.15) is 13.2 Å². The third-order valence-electron chi connectivity index (χ3n) is 5.12. The quantitative estimate of drug-likeness (QED) is 0.481. The summed E-state index contributed by atoms with van der Waals surface area (Å²) in [5.74, 6) is -3.23. The number of pyridine rings is 2. The van der Waals surface area contributed by atoms with Crippen LogP contribution in [0.2, 0.25) is 0 Å². The summed E-state index contributed by atoms with van der Waals surface area (Å²) in [4.78, 5) is 21.9. The number of anilines is 3. The SMILES string of the molecule is CN(C(=O)Nc1cncc(C(F)(F)F)c1)C1CCN(c2cnc(N)c(C=N)c2)CC1(F)F. The fraction of sp³-hybridized carbons (Fsp3) is 0.368. The van der Waals surface area contributed by atoms with Crippen molar-refractivity contribution in [3.05, 3.63) is 41.9 Å². The smallest absolute Gasteiger partial charge is 0.383 e. The van der Waals surface area contributed by atoms with Crippen LogP contribution in [-0.2, 0) is 6.18 Å². The minimum absolute atomic E-state index is 0.103. The van der Waals surface area contributed by atoms with Crippen molar-refractivity contribution in [1.29, 1.82) is 5.41 Å². The molecule has 3 heterocycles. The number of rotatable bonds is 4. The Kier molecular flexibility index (Phi) is 6.19. The third-order valence-corrected chi connectivity index (χ3v) is 5.12. The molecule has 0 bridgehead atoms. The summed E-state index contributed by atoms with van der Waals surface area (Å²) in [5.41, 5.74) is 4.95. The second kappa shape index (κ2) is 8.55. The van der Waals surface area contributed by atoms with Gasteiger partial charge < -0.3 is 26.3 Å². The molecule has 8 nitrogen and oxygen atoms in total. The molecular formula is C19H20F5N7O. The zero-order chi connectivity index (χ0) is 23.7. The normalized spacial score (nSPS) is 18.2.